The molecule has 21 heavy (non-hydrogen) atoms. The average molecular weight is 332 g/mol. The van der Waals surface area contributed by atoms with Gasteiger partial charge in [-0.25, -0.2) is 4.39 Å². The number of hydrogen-bond donors (Lipinski definition) is 1. The van der Waals surface area contributed by atoms with Gasteiger partial charge in [0.05, 0.1) is 21.1 Å². The molecule has 3 atom stereocenters. The first-order valence-electron chi connectivity index (χ1n) is 7.72. The van der Waals surface area contributed by atoms with E-state index in [1.807, 2.05) is 0 Å². The van der Waals surface area contributed by atoms with E-state index in [0.717, 1.165) is 32.2 Å². The monoisotopic (exact) mass is 331 g/mol. The van der Waals surface area contributed by atoms with Gasteiger partial charge >= 0.3 is 0 Å². The first kappa shape index (κ1) is 16.9. The lowest BCUT2D eigenvalue weighted by Crippen LogP contribution is -2.41. The third kappa shape index (κ3) is 4.51. The molecular formula is C16H23ClFNOS. The van der Waals surface area contributed by atoms with Crippen molar-refractivity contribution in [2.45, 2.75) is 61.6 Å². The molecule has 1 aromatic rings. The van der Waals surface area contributed by atoms with Gasteiger partial charge in [-0.3, -0.25) is 4.21 Å². The summed E-state index contributed by atoms with van der Waals surface area (Å²) in [6.45, 7) is 3.08. The molecule has 2 nitrogen and oxygen atoms in total. The summed E-state index contributed by atoms with van der Waals surface area (Å²) in [6.07, 6.45) is 6.56. The SMILES string of the molecule is CCCNC1CCCCCC1S(=O)c1ccc(F)c(Cl)c1. The Morgan fingerprint density at radius 1 is 1.33 bits per heavy atom. The number of benzene rings is 1. The summed E-state index contributed by atoms with van der Waals surface area (Å²) in [4.78, 5) is 0.636. The van der Waals surface area contributed by atoms with Crippen molar-refractivity contribution in [1.29, 1.82) is 0 Å². The minimum atomic E-state index is -1.15. The molecule has 1 aliphatic rings. The van der Waals surface area contributed by atoms with Crippen molar-refractivity contribution in [3.8, 4) is 0 Å². The van der Waals surface area contributed by atoms with E-state index in [1.54, 1.807) is 6.07 Å². The van der Waals surface area contributed by atoms with Gasteiger partial charge in [0.1, 0.15) is 5.82 Å². The number of hydrogen-bond acceptors (Lipinski definition) is 2. The number of halogens is 2. The summed E-state index contributed by atoms with van der Waals surface area (Å²) in [5, 5.41) is 3.67. The molecule has 0 amide bonds. The maximum absolute atomic E-state index is 13.3. The standard InChI is InChI=1S/C16H23ClFNOS/c1-2-10-19-15-6-4-3-5-7-16(15)21(20)12-8-9-14(18)13(17)11-12/h8-9,11,15-16,19H,2-7,10H2,1H3. The van der Waals surface area contributed by atoms with Crippen LogP contribution in [0.4, 0.5) is 4.39 Å². The van der Waals surface area contributed by atoms with Crippen molar-refractivity contribution < 1.29 is 8.60 Å². The van der Waals surface area contributed by atoms with E-state index in [4.69, 9.17) is 11.6 Å². The van der Waals surface area contributed by atoms with Crippen molar-refractivity contribution in [2.24, 2.45) is 0 Å². The van der Waals surface area contributed by atoms with Crippen LogP contribution >= 0.6 is 11.6 Å². The van der Waals surface area contributed by atoms with Gasteiger partial charge in [-0.1, -0.05) is 37.8 Å². The summed E-state index contributed by atoms with van der Waals surface area (Å²) in [6, 6.07) is 4.69. The fraction of sp³-hybridized carbons (Fsp3) is 0.625. The molecule has 1 fully saturated rings. The Kier molecular flexibility index (Phi) is 6.65. The molecule has 118 valence electrons. The van der Waals surface area contributed by atoms with Gasteiger partial charge in [0.2, 0.25) is 0 Å². The van der Waals surface area contributed by atoms with Gasteiger partial charge in [-0.2, -0.15) is 0 Å². The Bertz CT molecular complexity index is 497. The van der Waals surface area contributed by atoms with Crippen LogP contribution in [0.25, 0.3) is 0 Å². The highest BCUT2D eigenvalue weighted by molar-refractivity contribution is 7.85. The zero-order valence-corrected chi connectivity index (χ0v) is 14.0. The van der Waals surface area contributed by atoms with E-state index in [9.17, 15) is 8.60 Å². The molecule has 3 unspecified atom stereocenters. The molecule has 1 N–H and O–H groups in total. The zero-order valence-electron chi connectivity index (χ0n) is 12.4. The van der Waals surface area contributed by atoms with Crippen LogP contribution in [0.3, 0.4) is 0 Å². The van der Waals surface area contributed by atoms with E-state index in [1.165, 1.54) is 25.0 Å². The van der Waals surface area contributed by atoms with Crippen LogP contribution in [-0.4, -0.2) is 22.0 Å². The van der Waals surface area contributed by atoms with Gasteiger partial charge in [0.15, 0.2) is 0 Å². The Labute approximate surface area is 133 Å². The van der Waals surface area contributed by atoms with Crippen LogP contribution in [0.1, 0.15) is 45.4 Å². The highest BCUT2D eigenvalue weighted by Crippen LogP contribution is 2.27. The lowest BCUT2D eigenvalue weighted by molar-refractivity contribution is 0.463. The van der Waals surface area contributed by atoms with Crippen molar-refractivity contribution in [2.75, 3.05) is 6.54 Å². The van der Waals surface area contributed by atoms with Gasteiger partial charge in [-0.05, 0) is 44.0 Å². The molecule has 2 rings (SSSR count). The van der Waals surface area contributed by atoms with E-state index < -0.39 is 16.6 Å². The van der Waals surface area contributed by atoms with Crippen molar-refractivity contribution >= 4 is 22.4 Å². The van der Waals surface area contributed by atoms with Crippen LogP contribution in [0.15, 0.2) is 23.1 Å². The Balaban J connectivity index is 2.17. The van der Waals surface area contributed by atoms with Crippen LogP contribution in [0.5, 0.6) is 0 Å². The third-order valence-electron chi connectivity index (χ3n) is 4.01. The van der Waals surface area contributed by atoms with Crippen LogP contribution in [-0.2, 0) is 10.8 Å². The Morgan fingerprint density at radius 2 is 2.10 bits per heavy atom. The Hall–Kier alpha value is -0.450. The van der Waals surface area contributed by atoms with Gasteiger partial charge in [-0.15, -0.1) is 0 Å². The molecule has 0 saturated heterocycles. The second-order valence-electron chi connectivity index (χ2n) is 5.61. The molecule has 0 aromatic heterocycles. The molecule has 1 saturated carbocycles. The minimum Gasteiger partial charge on any atom is -0.313 e. The fourth-order valence-corrected chi connectivity index (χ4v) is 4.81. The average Bonchev–Trinajstić information content (AvgIpc) is 2.72. The van der Waals surface area contributed by atoms with Crippen LogP contribution < -0.4 is 5.32 Å². The quantitative estimate of drug-likeness (QED) is 0.815. The van der Waals surface area contributed by atoms with E-state index in [2.05, 4.69) is 12.2 Å². The molecule has 0 heterocycles. The molecule has 5 heteroatoms. The fourth-order valence-electron chi connectivity index (χ4n) is 2.87. The largest absolute Gasteiger partial charge is 0.313 e. The maximum Gasteiger partial charge on any atom is 0.141 e. The highest BCUT2D eigenvalue weighted by Gasteiger charge is 2.29. The van der Waals surface area contributed by atoms with Crippen LogP contribution in [0, 0.1) is 5.82 Å². The van der Waals surface area contributed by atoms with Gasteiger partial charge in [0.25, 0.3) is 0 Å². The summed E-state index contributed by atoms with van der Waals surface area (Å²) in [7, 11) is -1.15. The smallest absolute Gasteiger partial charge is 0.141 e. The van der Waals surface area contributed by atoms with Crippen molar-refractivity contribution in [1.82, 2.24) is 5.32 Å². The van der Waals surface area contributed by atoms with E-state index >= 15 is 0 Å². The highest BCUT2D eigenvalue weighted by atomic mass is 35.5. The molecular weight excluding hydrogens is 309 g/mol. The zero-order chi connectivity index (χ0) is 15.2. The molecule has 1 aromatic carbocycles. The topological polar surface area (TPSA) is 29.1 Å². The first-order chi connectivity index (χ1) is 10.1. The summed E-state index contributed by atoms with van der Waals surface area (Å²) in [5.74, 6) is -0.459. The Morgan fingerprint density at radius 3 is 2.81 bits per heavy atom. The lowest BCUT2D eigenvalue weighted by atomic mass is 10.1. The predicted octanol–water partition coefficient (Wildman–Crippen LogP) is 4.29. The number of nitrogens with one attached hydrogen (secondary N) is 1. The third-order valence-corrected chi connectivity index (χ3v) is 6.13. The second-order valence-corrected chi connectivity index (χ2v) is 7.69. The van der Waals surface area contributed by atoms with Crippen molar-refractivity contribution in [3.63, 3.8) is 0 Å². The summed E-state index contributed by atoms with van der Waals surface area (Å²) in [5.41, 5.74) is 0. The van der Waals surface area contributed by atoms with E-state index in [0.29, 0.717) is 4.90 Å². The molecule has 1 aliphatic carbocycles. The second kappa shape index (κ2) is 8.25. The van der Waals surface area contributed by atoms with E-state index in [-0.39, 0.29) is 16.3 Å². The normalized spacial score (nSPS) is 24.5. The van der Waals surface area contributed by atoms with Gasteiger partial charge < -0.3 is 5.32 Å². The van der Waals surface area contributed by atoms with Gasteiger partial charge in [0, 0.05) is 10.9 Å². The maximum atomic E-state index is 13.3. The first-order valence-corrected chi connectivity index (χ1v) is 9.31. The summed E-state index contributed by atoms with van der Waals surface area (Å²) < 4.78 is 26.1. The summed E-state index contributed by atoms with van der Waals surface area (Å²) >= 11 is 5.82. The molecule has 0 radical (unpaired) electrons. The minimum absolute atomic E-state index is 0.0486. The molecule has 0 aliphatic heterocycles. The lowest BCUT2D eigenvalue weighted by Gasteiger charge is -2.25. The van der Waals surface area contributed by atoms with Crippen LogP contribution in [0.2, 0.25) is 5.02 Å². The number of rotatable bonds is 5. The van der Waals surface area contributed by atoms with Crippen molar-refractivity contribution in [3.05, 3.63) is 29.0 Å². The molecule has 0 bridgehead atoms. The molecule has 0 spiro atoms. The predicted molar refractivity (Wildman–Crippen MR) is 86.8 cm³/mol.